The van der Waals surface area contributed by atoms with Crippen molar-refractivity contribution in [3.63, 3.8) is 0 Å². The first-order valence-corrected chi connectivity index (χ1v) is 9.81. The van der Waals surface area contributed by atoms with Crippen molar-refractivity contribution >= 4 is 27.5 Å². The molecule has 4 rings (SSSR count). The molecule has 1 amide bonds. The summed E-state index contributed by atoms with van der Waals surface area (Å²) in [5.74, 6) is 0.695. The standard InChI is InChI=1S/C23H19BrN2O2/c1-28-20-13-9-16(10-14-20)21-15-22(17-7-11-19(24)12-8-17)26(25-21)23(27)18-5-3-2-4-6-18/h2-14,22H,15H2,1H3. The van der Waals surface area contributed by atoms with Crippen molar-refractivity contribution in [3.05, 3.63) is 100 Å². The van der Waals surface area contributed by atoms with Gasteiger partial charge in [-0.05, 0) is 59.7 Å². The van der Waals surface area contributed by atoms with Gasteiger partial charge >= 0.3 is 0 Å². The fourth-order valence-corrected chi connectivity index (χ4v) is 3.58. The van der Waals surface area contributed by atoms with E-state index in [9.17, 15) is 4.79 Å². The number of carbonyl (C=O) groups excluding carboxylic acids is 1. The lowest BCUT2D eigenvalue weighted by Crippen LogP contribution is -2.27. The van der Waals surface area contributed by atoms with Gasteiger partial charge in [0.15, 0.2) is 0 Å². The number of nitrogens with zero attached hydrogens (tertiary/aromatic N) is 2. The number of amides is 1. The number of benzene rings is 3. The number of methoxy groups -OCH3 is 1. The van der Waals surface area contributed by atoms with Gasteiger partial charge in [0.05, 0.1) is 18.9 Å². The maximum Gasteiger partial charge on any atom is 0.274 e. The molecule has 0 saturated carbocycles. The van der Waals surface area contributed by atoms with E-state index in [0.29, 0.717) is 12.0 Å². The summed E-state index contributed by atoms with van der Waals surface area (Å²) < 4.78 is 6.25. The van der Waals surface area contributed by atoms with Crippen LogP contribution in [0.3, 0.4) is 0 Å². The lowest BCUT2D eigenvalue weighted by atomic mass is 9.98. The third kappa shape index (κ3) is 3.71. The minimum absolute atomic E-state index is 0.1000. The van der Waals surface area contributed by atoms with E-state index in [4.69, 9.17) is 9.84 Å². The van der Waals surface area contributed by atoms with Gasteiger partial charge < -0.3 is 4.74 Å². The Balaban J connectivity index is 1.71. The van der Waals surface area contributed by atoms with E-state index in [0.717, 1.165) is 27.1 Å². The molecule has 140 valence electrons. The van der Waals surface area contributed by atoms with Crippen LogP contribution in [-0.2, 0) is 0 Å². The molecule has 0 fully saturated rings. The Morgan fingerprint density at radius 3 is 2.32 bits per heavy atom. The van der Waals surface area contributed by atoms with E-state index >= 15 is 0 Å². The molecule has 1 aliphatic rings. The van der Waals surface area contributed by atoms with Gasteiger partial charge in [-0.3, -0.25) is 4.79 Å². The topological polar surface area (TPSA) is 41.9 Å². The zero-order valence-corrected chi connectivity index (χ0v) is 17.0. The van der Waals surface area contributed by atoms with Crippen LogP contribution in [0.5, 0.6) is 5.75 Å². The Kier molecular flexibility index (Phi) is 5.26. The zero-order chi connectivity index (χ0) is 19.5. The number of rotatable bonds is 4. The van der Waals surface area contributed by atoms with E-state index in [1.807, 2.05) is 78.9 Å². The number of halogens is 1. The molecule has 1 unspecified atom stereocenters. The molecule has 3 aromatic rings. The normalized spacial score (nSPS) is 16.0. The van der Waals surface area contributed by atoms with E-state index in [1.54, 1.807) is 12.1 Å². The van der Waals surface area contributed by atoms with Crippen LogP contribution in [0.25, 0.3) is 0 Å². The highest BCUT2D eigenvalue weighted by Gasteiger charge is 2.33. The average Bonchev–Trinajstić information content (AvgIpc) is 3.20. The van der Waals surface area contributed by atoms with Gasteiger partial charge in [-0.15, -0.1) is 0 Å². The molecule has 0 radical (unpaired) electrons. The fraction of sp³-hybridized carbons (Fsp3) is 0.130. The Hall–Kier alpha value is -2.92. The van der Waals surface area contributed by atoms with Crippen LogP contribution in [0.1, 0.15) is 33.9 Å². The SMILES string of the molecule is COc1ccc(C2=NN(C(=O)c3ccccc3)C(c3ccc(Br)cc3)C2)cc1. The molecule has 1 heterocycles. The van der Waals surface area contributed by atoms with Gasteiger partial charge in [0.2, 0.25) is 0 Å². The largest absolute Gasteiger partial charge is 0.497 e. The maximum absolute atomic E-state index is 13.2. The van der Waals surface area contributed by atoms with E-state index < -0.39 is 0 Å². The maximum atomic E-state index is 13.2. The van der Waals surface area contributed by atoms with Crippen LogP contribution in [0.4, 0.5) is 0 Å². The van der Waals surface area contributed by atoms with Gasteiger partial charge in [-0.25, -0.2) is 5.01 Å². The van der Waals surface area contributed by atoms with Crippen LogP contribution in [0, 0.1) is 0 Å². The molecule has 0 aliphatic carbocycles. The summed E-state index contributed by atoms with van der Waals surface area (Å²) in [6.45, 7) is 0. The van der Waals surface area contributed by atoms with Crippen LogP contribution < -0.4 is 4.74 Å². The average molecular weight is 435 g/mol. The number of ether oxygens (including phenoxy) is 1. The number of hydrogen-bond acceptors (Lipinski definition) is 3. The second-order valence-electron chi connectivity index (χ2n) is 6.56. The molecule has 4 nitrogen and oxygen atoms in total. The molecule has 1 aliphatic heterocycles. The van der Waals surface area contributed by atoms with Crippen molar-refractivity contribution in [2.75, 3.05) is 7.11 Å². The summed E-state index contributed by atoms with van der Waals surface area (Å²) in [6, 6.07) is 25.0. The third-order valence-electron chi connectivity index (χ3n) is 4.82. The van der Waals surface area contributed by atoms with Crippen LogP contribution in [0.15, 0.2) is 88.4 Å². The first-order chi connectivity index (χ1) is 13.7. The van der Waals surface area contributed by atoms with Crippen molar-refractivity contribution in [1.29, 1.82) is 0 Å². The molecule has 3 aromatic carbocycles. The molecule has 0 spiro atoms. The molecule has 5 heteroatoms. The van der Waals surface area contributed by atoms with E-state index in [1.165, 1.54) is 0 Å². The van der Waals surface area contributed by atoms with Gasteiger partial charge in [-0.2, -0.15) is 5.10 Å². The Labute approximate surface area is 172 Å². The van der Waals surface area contributed by atoms with Crippen molar-refractivity contribution in [2.24, 2.45) is 5.10 Å². The van der Waals surface area contributed by atoms with Gasteiger partial charge in [0, 0.05) is 16.5 Å². The highest BCUT2D eigenvalue weighted by molar-refractivity contribution is 9.10. The quantitative estimate of drug-likeness (QED) is 0.547. The monoisotopic (exact) mass is 434 g/mol. The Morgan fingerprint density at radius 1 is 1.00 bits per heavy atom. The molecule has 0 N–H and O–H groups in total. The molecular weight excluding hydrogens is 416 g/mol. The number of carbonyl (C=O) groups is 1. The summed E-state index contributed by atoms with van der Waals surface area (Å²) in [6.07, 6.45) is 0.659. The molecule has 1 atom stereocenters. The summed E-state index contributed by atoms with van der Waals surface area (Å²) in [4.78, 5) is 13.2. The first-order valence-electron chi connectivity index (χ1n) is 9.01. The highest BCUT2D eigenvalue weighted by Crippen LogP contribution is 2.34. The second kappa shape index (κ2) is 7.98. The molecule has 0 aromatic heterocycles. The fourth-order valence-electron chi connectivity index (χ4n) is 3.31. The summed E-state index contributed by atoms with van der Waals surface area (Å²) in [5, 5.41) is 6.33. The summed E-state index contributed by atoms with van der Waals surface area (Å²) in [7, 11) is 1.64. The Morgan fingerprint density at radius 2 is 1.68 bits per heavy atom. The van der Waals surface area contributed by atoms with Crippen molar-refractivity contribution < 1.29 is 9.53 Å². The highest BCUT2D eigenvalue weighted by atomic mass is 79.9. The van der Waals surface area contributed by atoms with Crippen LogP contribution in [-0.4, -0.2) is 23.7 Å². The third-order valence-corrected chi connectivity index (χ3v) is 5.35. The zero-order valence-electron chi connectivity index (χ0n) is 15.4. The lowest BCUT2D eigenvalue weighted by Gasteiger charge is -2.22. The number of hydrazone groups is 1. The van der Waals surface area contributed by atoms with Crippen molar-refractivity contribution in [1.82, 2.24) is 5.01 Å². The van der Waals surface area contributed by atoms with Gasteiger partial charge in [0.25, 0.3) is 5.91 Å². The van der Waals surface area contributed by atoms with E-state index in [2.05, 4.69) is 15.9 Å². The van der Waals surface area contributed by atoms with Crippen LogP contribution in [0.2, 0.25) is 0 Å². The molecular formula is C23H19BrN2O2. The summed E-state index contributed by atoms with van der Waals surface area (Å²) >= 11 is 3.48. The summed E-state index contributed by atoms with van der Waals surface area (Å²) in [5.41, 5.74) is 3.57. The lowest BCUT2D eigenvalue weighted by molar-refractivity contribution is 0.0711. The Bertz CT molecular complexity index is 999. The molecule has 0 saturated heterocycles. The minimum Gasteiger partial charge on any atom is -0.497 e. The van der Waals surface area contributed by atoms with Gasteiger partial charge in [0.1, 0.15) is 5.75 Å². The first kappa shape index (κ1) is 18.4. The van der Waals surface area contributed by atoms with Gasteiger partial charge in [-0.1, -0.05) is 46.3 Å². The number of hydrogen-bond donors (Lipinski definition) is 0. The van der Waals surface area contributed by atoms with Crippen LogP contribution >= 0.6 is 15.9 Å². The van der Waals surface area contributed by atoms with Crippen molar-refractivity contribution in [3.8, 4) is 5.75 Å². The minimum atomic E-state index is -0.141. The second-order valence-corrected chi connectivity index (χ2v) is 7.48. The van der Waals surface area contributed by atoms with E-state index in [-0.39, 0.29) is 11.9 Å². The molecule has 28 heavy (non-hydrogen) atoms. The predicted octanol–water partition coefficient (Wildman–Crippen LogP) is 5.45. The smallest absolute Gasteiger partial charge is 0.274 e. The molecule has 0 bridgehead atoms. The predicted molar refractivity (Wildman–Crippen MR) is 114 cm³/mol. The van der Waals surface area contributed by atoms with Crippen molar-refractivity contribution in [2.45, 2.75) is 12.5 Å².